The molecule has 1 aliphatic heterocycles. The zero-order chi connectivity index (χ0) is 19.8. The van der Waals surface area contributed by atoms with Crippen molar-refractivity contribution in [3.8, 4) is 0 Å². The molecule has 28 heavy (non-hydrogen) atoms. The fourth-order valence-electron chi connectivity index (χ4n) is 3.70. The number of hydrogen-bond donors (Lipinski definition) is 1. The Bertz CT molecular complexity index is 1120. The summed E-state index contributed by atoms with van der Waals surface area (Å²) in [6.07, 6.45) is 0. The number of nitrogens with zero attached hydrogens (tertiary/aromatic N) is 5. The van der Waals surface area contributed by atoms with Crippen molar-refractivity contribution in [1.29, 1.82) is 0 Å². The lowest BCUT2D eigenvalue weighted by atomic mass is 10.2. The summed E-state index contributed by atoms with van der Waals surface area (Å²) in [5.41, 5.74) is 0.866. The third-order valence-electron chi connectivity index (χ3n) is 5.32. The van der Waals surface area contributed by atoms with Gasteiger partial charge < -0.3 is 9.80 Å². The van der Waals surface area contributed by atoms with Crippen molar-refractivity contribution in [2.45, 2.75) is 13.5 Å². The Morgan fingerprint density at radius 2 is 1.93 bits per heavy atom. The number of benzene rings is 1. The molecule has 0 radical (unpaired) electrons. The molecule has 3 heterocycles. The normalized spacial score (nSPS) is 15.5. The summed E-state index contributed by atoms with van der Waals surface area (Å²) >= 11 is 6.15. The van der Waals surface area contributed by atoms with E-state index < -0.39 is 11.2 Å². The van der Waals surface area contributed by atoms with Crippen LogP contribution in [0, 0.1) is 0 Å². The summed E-state index contributed by atoms with van der Waals surface area (Å²) in [4.78, 5) is 36.4. The molecule has 3 aromatic rings. The number of anilines is 1. The van der Waals surface area contributed by atoms with Crippen molar-refractivity contribution in [2.75, 3.05) is 37.6 Å². The summed E-state index contributed by atoms with van der Waals surface area (Å²) in [6.45, 7) is 7.12. The van der Waals surface area contributed by atoms with Crippen LogP contribution in [0.1, 0.15) is 12.5 Å². The molecule has 0 amide bonds. The largest absolute Gasteiger partial charge is 0.340 e. The second kappa shape index (κ2) is 7.44. The van der Waals surface area contributed by atoms with Gasteiger partial charge in [-0.2, -0.15) is 4.98 Å². The van der Waals surface area contributed by atoms with Crippen molar-refractivity contribution in [3.63, 3.8) is 0 Å². The maximum absolute atomic E-state index is 12.6. The lowest BCUT2D eigenvalue weighted by Gasteiger charge is -2.34. The number of piperazine rings is 1. The van der Waals surface area contributed by atoms with E-state index in [1.54, 1.807) is 7.05 Å². The van der Waals surface area contributed by atoms with Gasteiger partial charge in [-0.05, 0) is 24.2 Å². The zero-order valence-corrected chi connectivity index (χ0v) is 16.7. The van der Waals surface area contributed by atoms with E-state index in [9.17, 15) is 9.59 Å². The number of aromatic amines is 1. The standard InChI is InChI=1S/C19H23ClN6O2/c1-3-24-7-9-25(10-8-24)18-21-16-15(17(27)22-19(28)23(16)2)26(18)12-13-5-4-6-14(20)11-13/h4-6,11H,3,7-10,12H2,1-2H3,(H,22,27,28). The number of aryl methyl sites for hydroxylation is 1. The second-order valence-electron chi connectivity index (χ2n) is 7.04. The molecule has 0 atom stereocenters. The molecule has 148 valence electrons. The molecule has 0 aliphatic carbocycles. The predicted octanol–water partition coefficient (Wildman–Crippen LogP) is 1.27. The van der Waals surface area contributed by atoms with E-state index in [1.165, 1.54) is 4.57 Å². The first-order valence-corrected chi connectivity index (χ1v) is 9.77. The fraction of sp³-hybridized carbons (Fsp3) is 0.421. The molecule has 8 nitrogen and oxygen atoms in total. The molecule has 0 bridgehead atoms. The molecular formula is C19H23ClN6O2. The highest BCUT2D eigenvalue weighted by atomic mass is 35.5. The summed E-state index contributed by atoms with van der Waals surface area (Å²) < 4.78 is 3.28. The fourth-order valence-corrected chi connectivity index (χ4v) is 3.91. The Balaban J connectivity index is 1.86. The number of rotatable bonds is 4. The number of likely N-dealkylation sites (N-methyl/N-ethyl adjacent to an activating group) is 1. The molecule has 1 saturated heterocycles. The van der Waals surface area contributed by atoms with E-state index in [1.807, 2.05) is 28.8 Å². The molecule has 1 aliphatic rings. The molecule has 1 aromatic carbocycles. The molecule has 0 spiro atoms. The summed E-state index contributed by atoms with van der Waals surface area (Å²) in [7, 11) is 1.62. The molecule has 9 heteroatoms. The van der Waals surface area contributed by atoms with Gasteiger partial charge in [0.05, 0.1) is 6.54 Å². The van der Waals surface area contributed by atoms with Crippen LogP contribution < -0.4 is 16.1 Å². The summed E-state index contributed by atoms with van der Waals surface area (Å²) in [6, 6.07) is 7.55. The highest BCUT2D eigenvalue weighted by Gasteiger charge is 2.24. The van der Waals surface area contributed by atoms with Crippen LogP contribution >= 0.6 is 11.6 Å². The van der Waals surface area contributed by atoms with Crippen LogP contribution in [0.3, 0.4) is 0 Å². The average molecular weight is 403 g/mol. The molecule has 4 rings (SSSR count). The van der Waals surface area contributed by atoms with Gasteiger partial charge in [0.15, 0.2) is 11.2 Å². The van der Waals surface area contributed by atoms with E-state index >= 15 is 0 Å². The second-order valence-corrected chi connectivity index (χ2v) is 7.48. The van der Waals surface area contributed by atoms with Crippen LogP contribution in [0.4, 0.5) is 5.95 Å². The van der Waals surface area contributed by atoms with Crippen molar-refractivity contribution >= 4 is 28.7 Å². The third kappa shape index (κ3) is 3.33. The van der Waals surface area contributed by atoms with Gasteiger partial charge >= 0.3 is 5.69 Å². The quantitative estimate of drug-likeness (QED) is 0.711. The third-order valence-corrected chi connectivity index (χ3v) is 5.55. The van der Waals surface area contributed by atoms with Crippen LogP contribution in [0.2, 0.25) is 5.02 Å². The van der Waals surface area contributed by atoms with E-state index in [-0.39, 0.29) is 0 Å². The van der Waals surface area contributed by atoms with Gasteiger partial charge in [0.1, 0.15) is 0 Å². The van der Waals surface area contributed by atoms with Crippen LogP contribution in [0.15, 0.2) is 33.9 Å². The Labute approximate surface area is 167 Å². The monoisotopic (exact) mass is 402 g/mol. The summed E-state index contributed by atoms with van der Waals surface area (Å²) in [5, 5.41) is 0.640. The highest BCUT2D eigenvalue weighted by Crippen LogP contribution is 2.23. The van der Waals surface area contributed by atoms with E-state index in [2.05, 4.69) is 21.7 Å². The van der Waals surface area contributed by atoms with Crippen molar-refractivity contribution < 1.29 is 0 Å². The van der Waals surface area contributed by atoms with E-state index in [0.717, 1.165) is 38.3 Å². The topological polar surface area (TPSA) is 79.2 Å². The minimum atomic E-state index is -0.466. The first-order chi connectivity index (χ1) is 13.5. The van der Waals surface area contributed by atoms with Crippen molar-refractivity contribution in [1.82, 2.24) is 24.0 Å². The minimum absolute atomic E-state index is 0.392. The number of fused-ring (bicyclic) bond motifs is 1. The first-order valence-electron chi connectivity index (χ1n) is 9.39. The van der Waals surface area contributed by atoms with Gasteiger partial charge in [0, 0.05) is 38.2 Å². The van der Waals surface area contributed by atoms with Gasteiger partial charge in [-0.1, -0.05) is 30.7 Å². The SMILES string of the molecule is CCN1CCN(c2nc3c(c(=O)[nH]c(=O)n3C)n2Cc2cccc(Cl)c2)CC1. The van der Waals surface area contributed by atoms with Gasteiger partial charge in [-0.25, -0.2) is 4.79 Å². The van der Waals surface area contributed by atoms with E-state index in [0.29, 0.717) is 28.7 Å². The Kier molecular flexibility index (Phi) is 4.99. The van der Waals surface area contributed by atoms with Crippen molar-refractivity contribution in [3.05, 3.63) is 55.7 Å². The molecule has 2 aromatic heterocycles. The Morgan fingerprint density at radius 3 is 2.61 bits per heavy atom. The average Bonchev–Trinajstić information content (AvgIpc) is 3.06. The van der Waals surface area contributed by atoms with Gasteiger partial charge in [-0.3, -0.25) is 18.9 Å². The summed E-state index contributed by atoms with van der Waals surface area (Å²) in [5.74, 6) is 0.706. The molecule has 0 unspecified atom stereocenters. The van der Waals surface area contributed by atoms with Crippen LogP contribution in [-0.2, 0) is 13.6 Å². The Morgan fingerprint density at radius 1 is 1.18 bits per heavy atom. The highest BCUT2D eigenvalue weighted by molar-refractivity contribution is 6.30. The lowest BCUT2D eigenvalue weighted by Crippen LogP contribution is -2.47. The number of nitrogens with one attached hydrogen (secondary N) is 1. The number of halogens is 1. The number of hydrogen-bond acceptors (Lipinski definition) is 5. The smallest absolute Gasteiger partial charge is 0.329 e. The molecule has 1 fully saturated rings. The maximum atomic E-state index is 12.6. The molecule has 1 N–H and O–H groups in total. The number of H-pyrrole nitrogens is 1. The van der Waals surface area contributed by atoms with E-state index in [4.69, 9.17) is 16.6 Å². The lowest BCUT2D eigenvalue weighted by molar-refractivity contribution is 0.269. The molecular weight excluding hydrogens is 380 g/mol. The number of aromatic nitrogens is 4. The van der Waals surface area contributed by atoms with Gasteiger partial charge in [0.25, 0.3) is 5.56 Å². The Hall–Kier alpha value is -2.58. The number of imidazole rings is 1. The first kappa shape index (κ1) is 18.8. The predicted molar refractivity (Wildman–Crippen MR) is 110 cm³/mol. The van der Waals surface area contributed by atoms with Crippen LogP contribution in [0.25, 0.3) is 11.2 Å². The zero-order valence-electron chi connectivity index (χ0n) is 16.0. The van der Waals surface area contributed by atoms with Crippen LogP contribution in [-0.4, -0.2) is 56.7 Å². The van der Waals surface area contributed by atoms with Crippen LogP contribution in [0.5, 0.6) is 0 Å². The maximum Gasteiger partial charge on any atom is 0.329 e. The van der Waals surface area contributed by atoms with Crippen molar-refractivity contribution in [2.24, 2.45) is 7.05 Å². The minimum Gasteiger partial charge on any atom is -0.340 e. The molecule has 0 saturated carbocycles. The van der Waals surface area contributed by atoms with Gasteiger partial charge in [0.2, 0.25) is 5.95 Å². The van der Waals surface area contributed by atoms with Gasteiger partial charge in [-0.15, -0.1) is 0 Å².